The zero-order chi connectivity index (χ0) is 24.7. The van der Waals surface area contributed by atoms with Crippen molar-refractivity contribution in [2.24, 2.45) is 0 Å². The number of aromatic nitrogens is 3. The number of amides is 2. The van der Waals surface area contributed by atoms with Gasteiger partial charge in [0.15, 0.2) is 11.0 Å². The molecule has 1 unspecified atom stereocenters. The molecule has 8 nitrogen and oxygen atoms in total. The number of hydrogen-bond donors (Lipinski definition) is 2. The van der Waals surface area contributed by atoms with Gasteiger partial charge in [-0.2, -0.15) is 0 Å². The number of carbonyl (C=O) groups excluding carboxylic acids is 2. The molecular formula is C25H29N5O3S. The lowest BCUT2D eigenvalue weighted by Gasteiger charge is -2.15. The Bertz CT molecular complexity index is 1170. The van der Waals surface area contributed by atoms with Gasteiger partial charge in [0.1, 0.15) is 5.75 Å². The van der Waals surface area contributed by atoms with Gasteiger partial charge in [0.05, 0.1) is 18.9 Å². The molecule has 178 valence electrons. The molecule has 9 heteroatoms. The Labute approximate surface area is 203 Å². The van der Waals surface area contributed by atoms with Crippen molar-refractivity contribution in [1.29, 1.82) is 0 Å². The van der Waals surface area contributed by atoms with Crippen molar-refractivity contribution in [2.45, 2.75) is 38.5 Å². The van der Waals surface area contributed by atoms with Crippen molar-refractivity contribution in [2.75, 3.05) is 18.2 Å². The fourth-order valence-corrected chi connectivity index (χ4v) is 4.06. The van der Waals surface area contributed by atoms with Crippen LogP contribution in [-0.4, -0.2) is 39.4 Å². The van der Waals surface area contributed by atoms with Crippen molar-refractivity contribution in [3.8, 4) is 5.75 Å². The van der Waals surface area contributed by atoms with E-state index in [2.05, 4.69) is 27.4 Å². The summed E-state index contributed by atoms with van der Waals surface area (Å²) in [5, 5.41) is 15.0. The van der Waals surface area contributed by atoms with Crippen LogP contribution in [0.25, 0.3) is 0 Å². The monoisotopic (exact) mass is 479 g/mol. The van der Waals surface area contributed by atoms with E-state index in [9.17, 15) is 9.59 Å². The molecule has 2 amide bonds. The van der Waals surface area contributed by atoms with E-state index in [0.717, 1.165) is 16.8 Å². The quantitative estimate of drug-likeness (QED) is 0.332. The number of thioether (sulfide) groups is 1. The Morgan fingerprint density at radius 1 is 1.18 bits per heavy atom. The zero-order valence-corrected chi connectivity index (χ0v) is 20.6. The summed E-state index contributed by atoms with van der Waals surface area (Å²) in [4.78, 5) is 25.2. The fourth-order valence-electron chi connectivity index (χ4n) is 3.30. The third-order valence-corrected chi connectivity index (χ3v) is 6.11. The second-order valence-corrected chi connectivity index (χ2v) is 8.76. The molecule has 0 aliphatic carbocycles. The number of anilines is 1. The number of methoxy groups -OCH3 is 1. The third-order valence-electron chi connectivity index (χ3n) is 5.14. The Balaban J connectivity index is 1.66. The highest BCUT2D eigenvalue weighted by Crippen LogP contribution is 2.22. The number of allylic oxidation sites excluding steroid dienone is 1. The van der Waals surface area contributed by atoms with Crippen LogP contribution in [0.2, 0.25) is 0 Å². The number of ether oxygens (including phenoxy) is 1. The summed E-state index contributed by atoms with van der Waals surface area (Å²) < 4.78 is 6.98. The molecule has 2 N–H and O–H groups in total. The number of hydrogen-bond acceptors (Lipinski definition) is 6. The minimum atomic E-state index is -0.403. The van der Waals surface area contributed by atoms with Gasteiger partial charge in [-0.15, -0.1) is 16.8 Å². The highest BCUT2D eigenvalue weighted by atomic mass is 32.2. The van der Waals surface area contributed by atoms with Gasteiger partial charge in [-0.3, -0.25) is 9.59 Å². The summed E-state index contributed by atoms with van der Waals surface area (Å²) in [5.41, 5.74) is 3.39. The molecule has 0 saturated carbocycles. The van der Waals surface area contributed by atoms with Crippen LogP contribution in [0, 0.1) is 13.8 Å². The Morgan fingerprint density at radius 2 is 1.91 bits per heavy atom. The normalized spacial score (nSPS) is 11.5. The predicted molar refractivity (Wildman–Crippen MR) is 134 cm³/mol. The number of nitrogens with one attached hydrogen (secondary N) is 2. The summed E-state index contributed by atoms with van der Waals surface area (Å²) in [5.74, 6) is 1.08. The molecule has 34 heavy (non-hydrogen) atoms. The molecule has 3 aromatic rings. The molecule has 1 aromatic heterocycles. The summed E-state index contributed by atoms with van der Waals surface area (Å²) >= 11 is 1.28. The van der Waals surface area contributed by atoms with Gasteiger partial charge < -0.3 is 19.9 Å². The molecule has 3 rings (SSSR count). The second-order valence-electron chi connectivity index (χ2n) is 7.82. The first kappa shape index (κ1) is 25.0. The maximum atomic E-state index is 12.7. The van der Waals surface area contributed by atoms with Gasteiger partial charge in [-0.25, -0.2) is 0 Å². The minimum absolute atomic E-state index is 0.130. The maximum absolute atomic E-state index is 12.7. The standard InChI is InChI=1S/C25H29N5O3S/c1-6-13-30-23(18(4)26-24(32)19-9-11-20(33-5)12-10-19)28-29-25(30)34-15-22(31)27-21-14-16(2)7-8-17(21)3/h6-12,14,18H,1,13,15H2,2-5H3,(H,26,32)(H,27,31). The second kappa shape index (κ2) is 11.5. The summed E-state index contributed by atoms with van der Waals surface area (Å²) in [7, 11) is 1.58. The highest BCUT2D eigenvalue weighted by Gasteiger charge is 2.20. The Hall–Kier alpha value is -3.59. The molecule has 0 aliphatic heterocycles. The summed E-state index contributed by atoms with van der Waals surface area (Å²) in [6.07, 6.45) is 1.73. The predicted octanol–water partition coefficient (Wildman–Crippen LogP) is 4.31. The fraction of sp³-hybridized carbons (Fsp3) is 0.280. The van der Waals surface area contributed by atoms with E-state index in [1.807, 2.05) is 43.5 Å². The molecule has 1 atom stereocenters. The SMILES string of the molecule is C=CCn1c(SCC(=O)Nc2cc(C)ccc2C)nnc1C(C)NC(=O)c1ccc(OC)cc1. The van der Waals surface area contributed by atoms with E-state index in [-0.39, 0.29) is 17.6 Å². The van der Waals surface area contributed by atoms with Crippen molar-refractivity contribution < 1.29 is 14.3 Å². The van der Waals surface area contributed by atoms with E-state index < -0.39 is 6.04 Å². The lowest BCUT2D eigenvalue weighted by molar-refractivity contribution is -0.113. The van der Waals surface area contributed by atoms with Crippen LogP contribution in [-0.2, 0) is 11.3 Å². The van der Waals surface area contributed by atoms with Crippen LogP contribution in [0.1, 0.15) is 40.3 Å². The summed E-state index contributed by atoms with van der Waals surface area (Å²) in [6, 6.07) is 12.4. The van der Waals surface area contributed by atoms with E-state index in [1.54, 1.807) is 37.5 Å². The zero-order valence-electron chi connectivity index (χ0n) is 19.8. The minimum Gasteiger partial charge on any atom is -0.497 e. The topological polar surface area (TPSA) is 98.1 Å². The first-order chi connectivity index (χ1) is 16.3. The molecule has 0 fully saturated rings. The highest BCUT2D eigenvalue weighted by molar-refractivity contribution is 7.99. The van der Waals surface area contributed by atoms with E-state index >= 15 is 0 Å². The first-order valence-corrected chi connectivity index (χ1v) is 11.8. The van der Waals surface area contributed by atoms with Gasteiger partial charge in [-0.1, -0.05) is 30.0 Å². The van der Waals surface area contributed by atoms with Crippen LogP contribution in [0.4, 0.5) is 5.69 Å². The average molecular weight is 480 g/mol. The number of carbonyl (C=O) groups is 2. The Morgan fingerprint density at radius 3 is 2.59 bits per heavy atom. The lowest BCUT2D eigenvalue weighted by atomic mass is 10.1. The van der Waals surface area contributed by atoms with Gasteiger partial charge in [0.25, 0.3) is 5.91 Å². The first-order valence-electron chi connectivity index (χ1n) is 10.8. The van der Waals surface area contributed by atoms with Crippen molar-refractivity contribution in [1.82, 2.24) is 20.1 Å². The number of aryl methyl sites for hydroxylation is 2. The molecule has 0 radical (unpaired) electrons. The van der Waals surface area contributed by atoms with Crippen LogP contribution in [0.15, 0.2) is 60.3 Å². The van der Waals surface area contributed by atoms with Crippen molar-refractivity contribution >= 4 is 29.3 Å². The number of rotatable bonds is 10. The largest absolute Gasteiger partial charge is 0.497 e. The summed E-state index contributed by atoms with van der Waals surface area (Å²) in [6.45, 7) is 10.0. The smallest absolute Gasteiger partial charge is 0.251 e. The van der Waals surface area contributed by atoms with E-state index in [0.29, 0.717) is 28.8 Å². The average Bonchev–Trinajstić information content (AvgIpc) is 3.23. The van der Waals surface area contributed by atoms with Crippen LogP contribution >= 0.6 is 11.8 Å². The number of nitrogens with zero attached hydrogens (tertiary/aromatic N) is 3. The lowest BCUT2D eigenvalue weighted by Crippen LogP contribution is -2.28. The van der Waals surface area contributed by atoms with Gasteiger partial charge in [0.2, 0.25) is 5.91 Å². The van der Waals surface area contributed by atoms with Gasteiger partial charge in [0, 0.05) is 17.8 Å². The van der Waals surface area contributed by atoms with E-state index in [1.165, 1.54) is 11.8 Å². The van der Waals surface area contributed by atoms with Crippen LogP contribution in [0.3, 0.4) is 0 Å². The van der Waals surface area contributed by atoms with Crippen LogP contribution in [0.5, 0.6) is 5.75 Å². The molecule has 0 bridgehead atoms. The molecule has 0 saturated heterocycles. The van der Waals surface area contributed by atoms with Crippen molar-refractivity contribution in [3.63, 3.8) is 0 Å². The molecular weight excluding hydrogens is 450 g/mol. The van der Waals surface area contributed by atoms with Gasteiger partial charge >= 0.3 is 0 Å². The molecule has 1 heterocycles. The third kappa shape index (κ3) is 6.26. The molecule has 0 aliphatic rings. The van der Waals surface area contributed by atoms with Crippen LogP contribution < -0.4 is 15.4 Å². The van der Waals surface area contributed by atoms with E-state index in [4.69, 9.17) is 4.74 Å². The Kier molecular flexibility index (Phi) is 8.48. The number of benzene rings is 2. The molecule has 2 aromatic carbocycles. The molecule has 0 spiro atoms. The van der Waals surface area contributed by atoms with Gasteiger partial charge in [-0.05, 0) is 62.2 Å². The maximum Gasteiger partial charge on any atom is 0.251 e. The van der Waals surface area contributed by atoms with Crippen molar-refractivity contribution in [3.05, 3.63) is 77.6 Å².